The van der Waals surface area contributed by atoms with Crippen LogP contribution in [-0.2, 0) is 11.2 Å². The van der Waals surface area contributed by atoms with E-state index in [2.05, 4.69) is 0 Å². The van der Waals surface area contributed by atoms with Gasteiger partial charge in [0.15, 0.2) is 0 Å². The molecule has 3 rings (SSSR count). The lowest BCUT2D eigenvalue weighted by Crippen LogP contribution is -2.30. The normalized spacial score (nSPS) is 13.0. The molecule has 4 nitrogen and oxygen atoms in total. The number of ether oxygens (including phenoxy) is 1. The second-order valence-corrected chi connectivity index (χ2v) is 5.60. The highest BCUT2D eigenvalue weighted by Crippen LogP contribution is 2.30. The van der Waals surface area contributed by atoms with Crippen molar-refractivity contribution >= 4 is 17.3 Å². The molecule has 0 bridgehead atoms. The largest absolute Gasteiger partial charge is 0.493 e. The molecule has 114 valence electrons. The summed E-state index contributed by atoms with van der Waals surface area (Å²) in [6.45, 7) is 3.13. The van der Waals surface area contributed by atoms with E-state index < -0.39 is 0 Å². The Morgan fingerprint density at radius 2 is 2.14 bits per heavy atom. The van der Waals surface area contributed by atoms with Crippen molar-refractivity contribution in [3.8, 4) is 5.75 Å². The van der Waals surface area contributed by atoms with Gasteiger partial charge in [-0.1, -0.05) is 12.1 Å². The number of amides is 1. The molecule has 0 aliphatic carbocycles. The zero-order valence-electron chi connectivity index (χ0n) is 12.7. The van der Waals surface area contributed by atoms with Gasteiger partial charge in [0.2, 0.25) is 5.91 Å². The van der Waals surface area contributed by atoms with Crippen molar-refractivity contribution in [2.75, 3.05) is 23.8 Å². The predicted molar refractivity (Wildman–Crippen MR) is 88.2 cm³/mol. The number of hydrogen-bond donors (Lipinski definition) is 1. The van der Waals surface area contributed by atoms with Gasteiger partial charge in [0.1, 0.15) is 5.75 Å². The SMILES string of the molecule is Cc1cccc(OCCC(=O)N2CCc3cc(N)ccc32)c1. The van der Waals surface area contributed by atoms with Crippen LogP contribution >= 0.6 is 0 Å². The summed E-state index contributed by atoms with van der Waals surface area (Å²) in [5.74, 6) is 0.901. The molecule has 4 heteroatoms. The minimum atomic E-state index is 0.0937. The Morgan fingerprint density at radius 1 is 1.27 bits per heavy atom. The van der Waals surface area contributed by atoms with Gasteiger partial charge < -0.3 is 15.4 Å². The molecule has 0 spiro atoms. The van der Waals surface area contributed by atoms with E-state index in [1.165, 1.54) is 0 Å². The first-order valence-corrected chi connectivity index (χ1v) is 7.52. The van der Waals surface area contributed by atoms with Gasteiger partial charge in [-0.2, -0.15) is 0 Å². The summed E-state index contributed by atoms with van der Waals surface area (Å²) in [5.41, 5.74) is 9.81. The second kappa shape index (κ2) is 6.10. The van der Waals surface area contributed by atoms with Crippen molar-refractivity contribution in [2.45, 2.75) is 19.8 Å². The number of fused-ring (bicyclic) bond motifs is 1. The number of carbonyl (C=O) groups is 1. The van der Waals surface area contributed by atoms with Crippen LogP contribution in [-0.4, -0.2) is 19.1 Å². The lowest BCUT2D eigenvalue weighted by atomic mass is 10.1. The Morgan fingerprint density at radius 3 is 2.95 bits per heavy atom. The second-order valence-electron chi connectivity index (χ2n) is 5.60. The van der Waals surface area contributed by atoms with Crippen LogP contribution in [0.15, 0.2) is 42.5 Å². The van der Waals surface area contributed by atoms with Crippen LogP contribution < -0.4 is 15.4 Å². The van der Waals surface area contributed by atoms with Gasteiger partial charge >= 0.3 is 0 Å². The van der Waals surface area contributed by atoms with Crippen LogP contribution in [0.5, 0.6) is 5.75 Å². The molecule has 2 aromatic carbocycles. The average molecular weight is 296 g/mol. The summed E-state index contributed by atoms with van der Waals surface area (Å²) in [6, 6.07) is 13.6. The van der Waals surface area contributed by atoms with Crippen molar-refractivity contribution in [1.29, 1.82) is 0 Å². The number of hydrogen-bond acceptors (Lipinski definition) is 3. The zero-order chi connectivity index (χ0) is 15.5. The van der Waals surface area contributed by atoms with Crippen LogP contribution in [0.25, 0.3) is 0 Å². The van der Waals surface area contributed by atoms with Crippen LogP contribution in [0, 0.1) is 6.92 Å². The van der Waals surface area contributed by atoms with Gasteiger partial charge in [-0.15, -0.1) is 0 Å². The van der Waals surface area contributed by atoms with Crippen molar-refractivity contribution in [3.05, 3.63) is 53.6 Å². The molecular weight excluding hydrogens is 276 g/mol. The van der Waals surface area contributed by atoms with Crippen LogP contribution in [0.4, 0.5) is 11.4 Å². The molecule has 0 saturated heterocycles. The fourth-order valence-electron chi connectivity index (χ4n) is 2.78. The smallest absolute Gasteiger partial charge is 0.230 e. The van der Waals surface area contributed by atoms with E-state index in [9.17, 15) is 4.79 Å². The van der Waals surface area contributed by atoms with Gasteiger partial charge in [0, 0.05) is 17.9 Å². The third kappa shape index (κ3) is 3.06. The number of aryl methyl sites for hydroxylation is 1. The molecule has 2 aromatic rings. The van der Waals surface area contributed by atoms with E-state index in [0.717, 1.165) is 41.2 Å². The lowest BCUT2D eigenvalue weighted by Gasteiger charge is -2.17. The summed E-state index contributed by atoms with van der Waals surface area (Å²) >= 11 is 0. The lowest BCUT2D eigenvalue weighted by molar-refractivity contribution is -0.119. The van der Waals surface area contributed by atoms with Crippen molar-refractivity contribution < 1.29 is 9.53 Å². The summed E-state index contributed by atoms with van der Waals surface area (Å²) < 4.78 is 5.66. The number of nitrogens with two attached hydrogens (primary N) is 1. The standard InChI is InChI=1S/C18H20N2O2/c1-13-3-2-4-16(11-13)22-10-8-18(21)20-9-7-14-12-15(19)5-6-17(14)20/h2-6,11-12H,7-10,19H2,1H3. The van der Waals surface area contributed by atoms with Crippen LogP contribution in [0.3, 0.4) is 0 Å². The number of anilines is 2. The summed E-state index contributed by atoms with van der Waals surface area (Å²) in [6.07, 6.45) is 1.24. The highest BCUT2D eigenvalue weighted by molar-refractivity contribution is 5.95. The maximum Gasteiger partial charge on any atom is 0.230 e. The molecule has 0 radical (unpaired) electrons. The molecule has 1 amide bonds. The number of carbonyl (C=O) groups excluding carboxylic acids is 1. The molecular formula is C18H20N2O2. The average Bonchev–Trinajstić information content (AvgIpc) is 2.90. The third-order valence-corrected chi connectivity index (χ3v) is 3.87. The Bertz CT molecular complexity index is 697. The predicted octanol–water partition coefficient (Wildman–Crippen LogP) is 2.94. The van der Waals surface area contributed by atoms with Gasteiger partial charge in [0.25, 0.3) is 0 Å². The van der Waals surface area contributed by atoms with E-state index in [-0.39, 0.29) is 5.91 Å². The number of nitrogens with zero attached hydrogens (tertiary/aromatic N) is 1. The third-order valence-electron chi connectivity index (χ3n) is 3.87. The fraction of sp³-hybridized carbons (Fsp3) is 0.278. The first-order chi connectivity index (χ1) is 10.6. The Kier molecular flexibility index (Phi) is 4.00. The van der Waals surface area contributed by atoms with E-state index in [0.29, 0.717) is 13.0 Å². The summed E-state index contributed by atoms with van der Waals surface area (Å²) in [5, 5.41) is 0. The summed E-state index contributed by atoms with van der Waals surface area (Å²) in [4.78, 5) is 14.2. The highest BCUT2D eigenvalue weighted by Gasteiger charge is 2.24. The molecule has 2 N–H and O–H groups in total. The molecule has 0 aromatic heterocycles. The van der Waals surface area contributed by atoms with Crippen molar-refractivity contribution in [1.82, 2.24) is 0 Å². The molecule has 22 heavy (non-hydrogen) atoms. The van der Waals surface area contributed by atoms with Gasteiger partial charge in [-0.25, -0.2) is 0 Å². The van der Waals surface area contributed by atoms with Crippen LogP contribution in [0.2, 0.25) is 0 Å². The minimum Gasteiger partial charge on any atom is -0.493 e. The quantitative estimate of drug-likeness (QED) is 0.883. The molecule has 0 unspecified atom stereocenters. The minimum absolute atomic E-state index is 0.0937. The Balaban J connectivity index is 1.58. The van der Waals surface area contributed by atoms with Crippen molar-refractivity contribution in [3.63, 3.8) is 0 Å². The molecule has 1 aliphatic rings. The monoisotopic (exact) mass is 296 g/mol. The molecule has 0 saturated carbocycles. The first-order valence-electron chi connectivity index (χ1n) is 7.52. The van der Waals surface area contributed by atoms with Gasteiger partial charge in [-0.3, -0.25) is 4.79 Å². The van der Waals surface area contributed by atoms with Crippen molar-refractivity contribution in [2.24, 2.45) is 0 Å². The highest BCUT2D eigenvalue weighted by atomic mass is 16.5. The Hall–Kier alpha value is -2.49. The first kappa shape index (κ1) is 14.4. The maximum absolute atomic E-state index is 12.4. The fourth-order valence-corrected chi connectivity index (χ4v) is 2.78. The molecule has 1 heterocycles. The van der Waals surface area contributed by atoms with E-state index >= 15 is 0 Å². The maximum atomic E-state index is 12.4. The number of benzene rings is 2. The van der Waals surface area contributed by atoms with Gasteiger partial charge in [-0.05, 0) is 54.8 Å². The topological polar surface area (TPSA) is 55.6 Å². The Labute approximate surface area is 130 Å². The molecule has 0 fully saturated rings. The molecule has 0 atom stereocenters. The number of nitrogen functional groups attached to an aromatic ring is 1. The zero-order valence-corrected chi connectivity index (χ0v) is 12.7. The van der Waals surface area contributed by atoms with E-state index in [1.54, 1.807) is 0 Å². The number of rotatable bonds is 4. The summed E-state index contributed by atoms with van der Waals surface area (Å²) in [7, 11) is 0. The van der Waals surface area contributed by atoms with Gasteiger partial charge in [0.05, 0.1) is 13.0 Å². The van der Waals surface area contributed by atoms with E-state index in [1.807, 2.05) is 54.3 Å². The van der Waals surface area contributed by atoms with E-state index in [4.69, 9.17) is 10.5 Å². The van der Waals surface area contributed by atoms with Crippen LogP contribution in [0.1, 0.15) is 17.5 Å². The molecule has 1 aliphatic heterocycles.